The van der Waals surface area contributed by atoms with Crippen molar-refractivity contribution in [3.05, 3.63) is 35.4 Å². The van der Waals surface area contributed by atoms with Crippen LogP contribution in [0.5, 0.6) is 11.5 Å². The van der Waals surface area contributed by atoms with Crippen molar-refractivity contribution in [1.82, 2.24) is 0 Å². The maximum absolute atomic E-state index is 9.81. The molecule has 0 aromatic heterocycles. The van der Waals surface area contributed by atoms with Gasteiger partial charge in [0.2, 0.25) is 0 Å². The van der Waals surface area contributed by atoms with E-state index in [0.29, 0.717) is 0 Å². The Labute approximate surface area is 94.2 Å². The van der Waals surface area contributed by atoms with Gasteiger partial charge in [-0.1, -0.05) is 12.1 Å². The minimum atomic E-state index is -0.0386. The van der Waals surface area contributed by atoms with Crippen molar-refractivity contribution in [2.45, 2.75) is 25.7 Å². The van der Waals surface area contributed by atoms with Crippen molar-refractivity contribution in [2.75, 3.05) is 0 Å². The second-order valence-electron chi connectivity index (χ2n) is 4.48. The van der Waals surface area contributed by atoms with Gasteiger partial charge in [-0.15, -0.1) is 0 Å². The molecule has 16 heavy (non-hydrogen) atoms. The number of fused-ring (bicyclic) bond motifs is 2. The molecule has 0 saturated heterocycles. The van der Waals surface area contributed by atoms with Gasteiger partial charge in [-0.3, -0.25) is 0 Å². The van der Waals surface area contributed by atoms with Crippen LogP contribution in [0.2, 0.25) is 0 Å². The molecule has 3 rings (SSSR count). The quantitative estimate of drug-likeness (QED) is 0.661. The van der Waals surface area contributed by atoms with Crippen LogP contribution < -0.4 is 0 Å². The summed E-state index contributed by atoms with van der Waals surface area (Å²) in [5.74, 6) is -0.0332. The van der Waals surface area contributed by atoms with Gasteiger partial charge in [0.25, 0.3) is 0 Å². The maximum atomic E-state index is 9.81. The maximum Gasteiger partial charge on any atom is 0.165 e. The molecule has 0 amide bonds. The molecule has 2 aromatic carbocycles. The third kappa shape index (κ3) is 1.33. The van der Waals surface area contributed by atoms with E-state index >= 15 is 0 Å². The zero-order valence-electron chi connectivity index (χ0n) is 9.03. The molecule has 0 spiro atoms. The normalized spacial score (nSPS) is 15.0. The fourth-order valence-corrected chi connectivity index (χ4v) is 2.53. The number of rotatable bonds is 0. The van der Waals surface area contributed by atoms with Crippen molar-refractivity contribution in [3.63, 3.8) is 0 Å². The van der Waals surface area contributed by atoms with Gasteiger partial charge in [0.1, 0.15) is 0 Å². The molecule has 0 saturated carbocycles. The first-order valence-electron chi connectivity index (χ1n) is 5.72. The number of phenolic OH excluding ortho intramolecular Hbond substituents is 2. The fourth-order valence-electron chi connectivity index (χ4n) is 2.53. The Bertz CT molecular complexity index is 558. The van der Waals surface area contributed by atoms with Gasteiger partial charge in [0.05, 0.1) is 0 Å². The lowest BCUT2D eigenvalue weighted by molar-refractivity contribution is 0.408. The van der Waals surface area contributed by atoms with Crippen LogP contribution in [0.4, 0.5) is 0 Å². The zero-order chi connectivity index (χ0) is 11.1. The lowest BCUT2D eigenvalue weighted by Gasteiger charge is -2.17. The number of aryl methyl sites for hydroxylation is 2. The molecule has 1 aliphatic carbocycles. The third-order valence-electron chi connectivity index (χ3n) is 3.43. The monoisotopic (exact) mass is 214 g/mol. The average Bonchev–Trinajstić information content (AvgIpc) is 2.32. The summed E-state index contributed by atoms with van der Waals surface area (Å²) in [6, 6.07) is 7.58. The summed E-state index contributed by atoms with van der Waals surface area (Å²) in [6.07, 6.45) is 4.69. The Kier molecular flexibility index (Phi) is 2.03. The molecule has 1 aliphatic rings. The van der Waals surface area contributed by atoms with E-state index in [2.05, 4.69) is 6.07 Å². The highest BCUT2D eigenvalue weighted by Gasteiger charge is 2.13. The standard InChI is InChI=1S/C14H14O2/c15-13-6-5-11-7-9-3-1-2-4-10(9)8-12(11)14(13)16/h5-8,15-16H,1-4H2. The van der Waals surface area contributed by atoms with Crippen molar-refractivity contribution in [3.8, 4) is 11.5 Å². The van der Waals surface area contributed by atoms with E-state index in [0.717, 1.165) is 23.6 Å². The first-order chi connectivity index (χ1) is 7.75. The number of hydrogen-bond acceptors (Lipinski definition) is 2. The first kappa shape index (κ1) is 9.52. The summed E-state index contributed by atoms with van der Waals surface area (Å²) in [7, 11) is 0. The van der Waals surface area contributed by atoms with Crippen LogP contribution in [0.3, 0.4) is 0 Å². The van der Waals surface area contributed by atoms with Crippen LogP contribution in [0.15, 0.2) is 24.3 Å². The molecule has 2 aromatic rings. The van der Waals surface area contributed by atoms with E-state index in [1.54, 1.807) is 6.07 Å². The molecule has 0 aliphatic heterocycles. The van der Waals surface area contributed by atoms with Gasteiger partial charge < -0.3 is 10.2 Å². The van der Waals surface area contributed by atoms with Gasteiger partial charge in [-0.25, -0.2) is 0 Å². The molecular weight excluding hydrogens is 200 g/mol. The molecule has 0 atom stereocenters. The van der Waals surface area contributed by atoms with Crippen LogP contribution in [-0.2, 0) is 12.8 Å². The zero-order valence-corrected chi connectivity index (χ0v) is 9.03. The molecule has 2 N–H and O–H groups in total. The van der Waals surface area contributed by atoms with Crippen LogP contribution in [0.25, 0.3) is 10.8 Å². The fraction of sp³-hybridized carbons (Fsp3) is 0.286. The Hall–Kier alpha value is -1.70. The van der Waals surface area contributed by atoms with Crippen molar-refractivity contribution < 1.29 is 10.2 Å². The number of hydrogen-bond donors (Lipinski definition) is 2. The van der Waals surface area contributed by atoms with E-state index in [4.69, 9.17) is 0 Å². The van der Waals surface area contributed by atoms with Gasteiger partial charge in [-0.2, -0.15) is 0 Å². The van der Waals surface area contributed by atoms with Gasteiger partial charge in [0, 0.05) is 5.39 Å². The Balaban J connectivity index is 2.31. The highest BCUT2D eigenvalue weighted by Crippen LogP contribution is 2.36. The molecule has 2 nitrogen and oxygen atoms in total. The summed E-state index contributed by atoms with van der Waals surface area (Å²) in [6.45, 7) is 0. The van der Waals surface area contributed by atoms with Crippen LogP contribution in [-0.4, -0.2) is 10.2 Å². The predicted octanol–water partition coefficient (Wildman–Crippen LogP) is 3.13. The summed E-state index contributed by atoms with van der Waals surface area (Å²) in [5, 5.41) is 21.1. The van der Waals surface area contributed by atoms with Crippen LogP contribution in [0, 0.1) is 0 Å². The summed E-state index contributed by atoms with van der Waals surface area (Å²) < 4.78 is 0. The second-order valence-corrected chi connectivity index (χ2v) is 4.48. The van der Waals surface area contributed by atoms with E-state index in [1.165, 1.54) is 24.0 Å². The second kappa shape index (κ2) is 3.41. The lowest BCUT2D eigenvalue weighted by Crippen LogP contribution is -2.02. The lowest BCUT2D eigenvalue weighted by atomic mass is 9.89. The van der Waals surface area contributed by atoms with Crippen molar-refractivity contribution in [1.29, 1.82) is 0 Å². The molecule has 0 bridgehead atoms. The number of benzene rings is 2. The largest absolute Gasteiger partial charge is 0.504 e. The Morgan fingerprint density at radius 2 is 1.56 bits per heavy atom. The van der Waals surface area contributed by atoms with Crippen LogP contribution in [0.1, 0.15) is 24.0 Å². The SMILES string of the molecule is Oc1ccc2cc3c(cc2c1O)CCCC3. The van der Waals surface area contributed by atoms with Crippen molar-refractivity contribution in [2.24, 2.45) is 0 Å². The first-order valence-corrected chi connectivity index (χ1v) is 5.72. The topological polar surface area (TPSA) is 40.5 Å². The minimum absolute atomic E-state index is 0.00544. The van der Waals surface area contributed by atoms with Crippen molar-refractivity contribution >= 4 is 10.8 Å². The highest BCUT2D eigenvalue weighted by molar-refractivity contribution is 5.91. The third-order valence-corrected chi connectivity index (χ3v) is 3.43. The predicted molar refractivity (Wildman–Crippen MR) is 63.9 cm³/mol. The molecular formula is C14H14O2. The molecule has 0 unspecified atom stereocenters. The molecule has 0 fully saturated rings. The number of aromatic hydroxyl groups is 2. The summed E-state index contributed by atoms with van der Waals surface area (Å²) in [5.41, 5.74) is 2.71. The van der Waals surface area contributed by atoms with E-state index in [-0.39, 0.29) is 11.5 Å². The highest BCUT2D eigenvalue weighted by atomic mass is 16.3. The Morgan fingerprint density at radius 3 is 2.31 bits per heavy atom. The van der Waals surface area contributed by atoms with Gasteiger partial charge in [0.15, 0.2) is 11.5 Å². The van der Waals surface area contributed by atoms with Gasteiger partial charge in [-0.05, 0) is 54.3 Å². The molecule has 0 heterocycles. The van der Waals surface area contributed by atoms with E-state index in [1.807, 2.05) is 12.1 Å². The van der Waals surface area contributed by atoms with Crippen LogP contribution >= 0.6 is 0 Å². The average molecular weight is 214 g/mol. The smallest absolute Gasteiger partial charge is 0.165 e. The Morgan fingerprint density at radius 1 is 0.875 bits per heavy atom. The van der Waals surface area contributed by atoms with Gasteiger partial charge >= 0.3 is 0 Å². The molecule has 2 heteroatoms. The summed E-state index contributed by atoms with van der Waals surface area (Å²) >= 11 is 0. The van der Waals surface area contributed by atoms with E-state index in [9.17, 15) is 10.2 Å². The summed E-state index contributed by atoms with van der Waals surface area (Å²) in [4.78, 5) is 0. The minimum Gasteiger partial charge on any atom is -0.504 e. The number of phenols is 2. The van der Waals surface area contributed by atoms with E-state index < -0.39 is 0 Å². The molecule has 0 radical (unpaired) electrons. The molecule has 82 valence electrons.